The number of carbonyl (C=O) groups excluding carboxylic acids is 2. The van der Waals surface area contributed by atoms with Crippen molar-refractivity contribution < 1.29 is 22.8 Å². The molecule has 7 heteroatoms. The van der Waals surface area contributed by atoms with E-state index < -0.39 is 29.6 Å². The van der Waals surface area contributed by atoms with Gasteiger partial charge in [0.05, 0.1) is 5.56 Å². The van der Waals surface area contributed by atoms with Crippen molar-refractivity contribution in [1.82, 2.24) is 5.32 Å². The maximum Gasteiger partial charge on any atom is 0.416 e. The molecule has 0 unspecified atom stereocenters. The zero-order chi connectivity index (χ0) is 16.2. The van der Waals surface area contributed by atoms with E-state index in [-0.39, 0.29) is 11.5 Å². The number of hydrogen-bond acceptors (Lipinski definition) is 2. The minimum Gasteiger partial charge on any atom is -0.368 e. The van der Waals surface area contributed by atoms with Crippen LogP contribution in [-0.2, 0) is 11.0 Å². The van der Waals surface area contributed by atoms with Crippen LogP contribution in [0.1, 0.15) is 36.2 Å². The number of primary amides is 1. The summed E-state index contributed by atoms with van der Waals surface area (Å²) in [4.78, 5) is 23.3. The molecule has 1 aromatic rings. The van der Waals surface area contributed by atoms with Gasteiger partial charge >= 0.3 is 6.18 Å². The Hall–Kier alpha value is -2.05. The standard InChI is InChI=1S/C14H17F3N2O2/c1-3-8(2)11(12(18)20)19-13(21)9-4-6-10(7-5-9)14(15,16)17/h4-8,11H,3H2,1-2H3,(H2,18,20)(H,19,21)/t8-,11+/m1/s1. The van der Waals surface area contributed by atoms with Gasteiger partial charge in [-0.1, -0.05) is 20.3 Å². The molecule has 0 bridgehead atoms. The van der Waals surface area contributed by atoms with Crippen LogP contribution in [0.4, 0.5) is 13.2 Å². The van der Waals surface area contributed by atoms with E-state index >= 15 is 0 Å². The van der Waals surface area contributed by atoms with Gasteiger partial charge in [-0.15, -0.1) is 0 Å². The fourth-order valence-electron chi connectivity index (χ4n) is 1.76. The second-order valence-electron chi connectivity index (χ2n) is 4.81. The number of halogens is 3. The number of carbonyl (C=O) groups is 2. The highest BCUT2D eigenvalue weighted by Crippen LogP contribution is 2.29. The maximum absolute atomic E-state index is 12.4. The molecule has 0 radical (unpaired) electrons. The van der Waals surface area contributed by atoms with Crippen molar-refractivity contribution >= 4 is 11.8 Å². The summed E-state index contributed by atoms with van der Waals surface area (Å²) in [7, 11) is 0. The molecule has 0 heterocycles. The Bertz CT molecular complexity index is 512. The number of nitrogens with two attached hydrogens (primary N) is 1. The maximum atomic E-state index is 12.4. The molecule has 116 valence electrons. The lowest BCUT2D eigenvalue weighted by molar-refractivity contribution is -0.137. The molecule has 0 aliphatic heterocycles. The molecule has 0 aromatic heterocycles. The van der Waals surface area contributed by atoms with Gasteiger partial charge in [-0.05, 0) is 30.2 Å². The first kappa shape index (κ1) is 17.0. The van der Waals surface area contributed by atoms with E-state index in [1.807, 2.05) is 6.92 Å². The quantitative estimate of drug-likeness (QED) is 0.876. The highest BCUT2D eigenvalue weighted by Gasteiger charge is 2.30. The van der Waals surface area contributed by atoms with Crippen molar-refractivity contribution in [3.05, 3.63) is 35.4 Å². The fourth-order valence-corrected chi connectivity index (χ4v) is 1.76. The molecule has 3 N–H and O–H groups in total. The lowest BCUT2D eigenvalue weighted by Crippen LogP contribution is -2.48. The number of rotatable bonds is 5. The van der Waals surface area contributed by atoms with E-state index in [4.69, 9.17) is 5.73 Å². The van der Waals surface area contributed by atoms with Crippen molar-refractivity contribution in [2.75, 3.05) is 0 Å². The Kier molecular flexibility index (Phi) is 5.34. The SMILES string of the molecule is CC[C@@H](C)[C@H](NC(=O)c1ccc(C(F)(F)F)cc1)C(N)=O. The Morgan fingerprint density at radius 1 is 1.24 bits per heavy atom. The summed E-state index contributed by atoms with van der Waals surface area (Å²) in [5.41, 5.74) is 4.42. The van der Waals surface area contributed by atoms with Crippen LogP contribution in [0.3, 0.4) is 0 Å². The fraction of sp³-hybridized carbons (Fsp3) is 0.429. The lowest BCUT2D eigenvalue weighted by Gasteiger charge is -2.21. The van der Waals surface area contributed by atoms with E-state index in [0.29, 0.717) is 6.42 Å². The molecule has 0 fully saturated rings. The molecule has 1 aromatic carbocycles. The normalized spacial score (nSPS) is 14.3. The first-order valence-electron chi connectivity index (χ1n) is 6.44. The summed E-state index contributed by atoms with van der Waals surface area (Å²) >= 11 is 0. The zero-order valence-electron chi connectivity index (χ0n) is 11.7. The van der Waals surface area contributed by atoms with Gasteiger partial charge in [-0.25, -0.2) is 0 Å². The van der Waals surface area contributed by atoms with Crippen LogP contribution >= 0.6 is 0 Å². The van der Waals surface area contributed by atoms with Crippen molar-refractivity contribution in [1.29, 1.82) is 0 Å². The zero-order valence-corrected chi connectivity index (χ0v) is 11.7. The highest BCUT2D eigenvalue weighted by molar-refractivity contribution is 5.97. The van der Waals surface area contributed by atoms with E-state index in [2.05, 4.69) is 5.32 Å². The van der Waals surface area contributed by atoms with Gasteiger partial charge in [0.2, 0.25) is 5.91 Å². The average Bonchev–Trinajstić information content (AvgIpc) is 2.42. The number of hydrogen-bond donors (Lipinski definition) is 2. The van der Waals surface area contributed by atoms with Crippen molar-refractivity contribution in [3.63, 3.8) is 0 Å². The second kappa shape index (κ2) is 6.60. The number of benzene rings is 1. The summed E-state index contributed by atoms with van der Waals surface area (Å²) < 4.78 is 37.3. The molecule has 21 heavy (non-hydrogen) atoms. The third-order valence-electron chi connectivity index (χ3n) is 3.28. The van der Waals surface area contributed by atoms with Gasteiger partial charge in [0.25, 0.3) is 5.91 Å². The van der Waals surface area contributed by atoms with Crippen molar-refractivity contribution in [2.24, 2.45) is 11.7 Å². The van der Waals surface area contributed by atoms with E-state index in [9.17, 15) is 22.8 Å². The number of alkyl halides is 3. The van der Waals surface area contributed by atoms with Gasteiger partial charge < -0.3 is 11.1 Å². The van der Waals surface area contributed by atoms with Gasteiger partial charge in [-0.2, -0.15) is 13.2 Å². The molecule has 0 saturated carbocycles. The molecule has 2 atom stereocenters. The van der Waals surface area contributed by atoms with Crippen LogP contribution in [-0.4, -0.2) is 17.9 Å². The van der Waals surface area contributed by atoms with Gasteiger partial charge in [-0.3, -0.25) is 9.59 Å². The van der Waals surface area contributed by atoms with Gasteiger partial charge in [0.15, 0.2) is 0 Å². The Balaban J connectivity index is 2.86. The predicted molar refractivity (Wildman–Crippen MR) is 71.3 cm³/mol. The average molecular weight is 302 g/mol. The summed E-state index contributed by atoms with van der Waals surface area (Å²) in [5, 5.41) is 2.45. The van der Waals surface area contributed by atoms with E-state index in [1.165, 1.54) is 0 Å². The smallest absolute Gasteiger partial charge is 0.368 e. The predicted octanol–water partition coefficient (Wildman–Crippen LogP) is 2.34. The van der Waals surface area contributed by atoms with Crippen LogP contribution in [0, 0.1) is 5.92 Å². The first-order valence-corrected chi connectivity index (χ1v) is 6.44. The van der Waals surface area contributed by atoms with Crippen molar-refractivity contribution in [2.45, 2.75) is 32.5 Å². The van der Waals surface area contributed by atoms with E-state index in [0.717, 1.165) is 24.3 Å². The Morgan fingerprint density at radius 3 is 2.14 bits per heavy atom. The molecule has 0 aliphatic carbocycles. The number of amides is 2. The molecule has 1 rings (SSSR count). The minimum absolute atomic E-state index is 0.0394. The van der Waals surface area contributed by atoms with E-state index in [1.54, 1.807) is 6.92 Å². The van der Waals surface area contributed by atoms with Gasteiger partial charge in [0.1, 0.15) is 6.04 Å². The molecular formula is C14H17F3N2O2. The summed E-state index contributed by atoms with van der Waals surface area (Å²) in [6, 6.07) is 2.90. The molecule has 0 aliphatic rings. The third-order valence-corrected chi connectivity index (χ3v) is 3.28. The topological polar surface area (TPSA) is 72.2 Å². The highest BCUT2D eigenvalue weighted by atomic mass is 19.4. The van der Waals surface area contributed by atoms with Crippen LogP contribution < -0.4 is 11.1 Å². The molecule has 0 spiro atoms. The van der Waals surface area contributed by atoms with Crippen molar-refractivity contribution in [3.8, 4) is 0 Å². The molecule has 0 saturated heterocycles. The largest absolute Gasteiger partial charge is 0.416 e. The molecular weight excluding hydrogens is 285 g/mol. The number of nitrogens with one attached hydrogen (secondary N) is 1. The van der Waals surface area contributed by atoms with Crippen LogP contribution in [0.15, 0.2) is 24.3 Å². The van der Waals surface area contributed by atoms with Gasteiger partial charge in [0, 0.05) is 5.56 Å². The summed E-state index contributed by atoms with van der Waals surface area (Å²) in [5.74, 6) is -1.47. The summed E-state index contributed by atoms with van der Waals surface area (Å²) in [6.07, 6.45) is -3.83. The summed E-state index contributed by atoms with van der Waals surface area (Å²) in [6.45, 7) is 3.59. The minimum atomic E-state index is -4.46. The second-order valence-corrected chi connectivity index (χ2v) is 4.81. The monoisotopic (exact) mass is 302 g/mol. The first-order chi connectivity index (χ1) is 9.66. The third kappa shape index (κ3) is 4.47. The molecule has 4 nitrogen and oxygen atoms in total. The van der Waals surface area contributed by atoms with Crippen LogP contribution in [0.2, 0.25) is 0 Å². The van der Waals surface area contributed by atoms with Crippen LogP contribution in [0.5, 0.6) is 0 Å². The Labute approximate surface area is 120 Å². The van der Waals surface area contributed by atoms with Crippen LogP contribution in [0.25, 0.3) is 0 Å². The lowest BCUT2D eigenvalue weighted by atomic mass is 9.98. The molecule has 2 amide bonds. The Morgan fingerprint density at radius 2 is 1.76 bits per heavy atom.